The monoisotopic (exact) mass is 253 g/mol. The Hall–Kier alpha value is -1.04. The molecule has 0 radical (unpaired) electrons. The lowest BCUT2D eigenvalue weighted by Gasteiger charge is -2.20. The van der Waals surface area contributed by atoms with Gasteiger partial charge in [-0.05, 0) is 18.2 Å². The third-order valence-electron chi connectivity index (χ3n) is 2.58. The van der Waals surface area contributed by atoms with Crippen LogP contribution in [0.2, 0.25) is 0 Å². The fraction of sp³-hybridized carbons (Fsp3) is 0.500. The highest BCUT2D eigenvalue weighted by Crippen LogP contribution is 2.09. The first kappa shape index (κ1) is 14.0. The first-order chi connectivity index (χ1) is 8.19. The molecule has 0 fully saturated rings. The average Bonchev–Trinajstić information content (AvgIpc) is 2.34. The van der Waals surface area contributed by atoms with Crippen molar-refractivity contribution in [3.63, 3.8) is 0 Å². The van der Waals surface area contributed by atoms with Gasteiger partial charge in [0.15, 0.2) is 0 Å². The van der Waals surface area contributed by atoms with E-state index in [-0.39, 0.29) is 0 Å². The summed E-state index contributed by atoms with van der Waals surface area (Å²) in [5, 5.41) is 0. The zero-order chi connectivity index (χ0) is 12.7. The van der Waals surface area contributed by atoms with Gasteiger partial charge in [0.2, 0.25) is 0 Å². The van der Waals surface area contributed by atoms with Crippen LogP contribution in [0, 0.1) is 0 Å². The molecule has 0 amide bonds. The van der Waals surface area contributed by atoms with Gasteiger partial charge in [-0.1, -0.05) is 25.2 Å². The lowest BCUT2D eigenvalue weighted by Crippen LogP contribution is -2.28. The Kier molecular flexibility index (Phi) is 6.04. The maximum atomic E-state index is 5.66. The Labute approximate surface area is 108 Å². The number of ether oxygens (including phenoxy) is 1. The number of rotatable bonds is 7. The summed E-state index contributed by atoms with van der Waals surface area (Å²) in [5.74, 6) is 0. The fourth-order valence-electron chi connectivity index (χ4n) is 1.60. The van der Waals surface area contributed by atoms with E-state index in [1.165, 1.54) is 0 Å². The number of nitrogens with zero attached hydrogens (tertiary/aromatic N) is 2. The first-order valence-corrected chi connectivity index (χ1v) is 6.04. The van der Waals surface area contributed by atoms with E-state index in [9.17, 15) is 0 Å². The molecule has 0 saturated heterocycles. The number of thiocarbonyl (C=S) groups is 1. The Morgan fingerprint density at radius 3 is 2.94 bits per heavy atom. The molecule has 0 aliphatic carbocycles. The molecule has 0 spiro atoms. The van der Waals surface area contributed by atoms with Crippen molar-refractivity contribution < 1.29 is 4.74 Å². The topological polar surface area (TPSA) is 51.4 Å². The number of methoxy groups -OCH3 is 1. The van der Waals surface area contributed by atoms with E-state index in [4.69, 9.17) is 22.7 Å². The number of likely N-dealkylation sites (N-methyl/N-ethyl adjacent to an activating group) is 1. The van der Waals surface area contributed by atoms with Crippen LogP contribution in [-0.4, -0.2) is 41.7 Å². The molecule has 94 valence electrons. The number of aromatic nitrogens is 1. The molecule has 0 aliphatic rings. The van der Waals surface area contributed by atoms with E-state index in [0.29, 0.717) is 4.99 Å². The van der Waals surface area contributed by atoms with Crippen molar-refractivity contribution >= 4 is 17.2 Å². The molecule has 0 atom stereocenters. The zero-order valence-corrected chi connectivity index (χ0v) is 11.2. The van der Waals surface area contributed by atoms with Crippen LogP contribution in [0.1, 0.15) is 18.2 Å². The molecule has 17 heavy (non-hydrogen) atoms. The van der Waals surface area contributed by atoms with Gasteiger partial charge in [0.25, 0.3) is 0 Å². The van der Waals surface area contributed by atoms with E-state index in [1.54, 1.807) is 13.3 Å². The summed E-state index contributed by atoms with van der Waals surface area (Å²) in [4.78, 5) is 6.84. The second kappa shape index (κ2) is 7.32. The number of nitrogens with two attached hydrogens (primary N) is 1. The van der Waals surface area contributed by atoms with Crippen molar-refractivity contribution in [1.82, 2.24) is 9.88 Å². The summed E-state index contributed by atoms with van der Waals surface area (Å²) >= 11 is 5.00. The van der Waals surface area contributed by atoms with Crippen LogP contribution in [-0.2, 0) is 11.3 Å². The molecular weight excluding hydrogens is 234 g/mol. The van der Waals surface area contributed by atoms with Gasteiger partial charge in [-0.2, -0.15) is 0 Å². The van der Waals surface area contributed by atoms with Crippen LogP contribution in [0.4, 0.5) is 0 Å². The summed E-state index contributed by atoms with van der Waals surface area (Å²) < 4.78 is 5.08. The van der Waals surface area contributed by atoms with E-state index >= 15 is 0 Å². The van der Waals surface area contributed by atoms with Crippen molar-refractivity contribution in [3.05, 3.63) is 29.6 Å². The van der Waals surface area contributed by atoms with Crippen LogP contribution in [0.3, 0.4) is 0 Å². The van der Waals surface area contributed by atoms with Gasteiger partial charge in [-0.25, -0.2) is 0 Å². The van der Waals surface area contributed by atoms with Crippen molar-refractivity contribution in [3.8, 4) is 0 Å². The smallest absolute Gasteiger partial charge is 0.123 e. The molecule has 0 aliphatic heterocycles. The maximum Gasteiger partial charge on any atom is 0.123 e. The molecule has 0 bridgehead atoms. The SMILES string of the molecule is CCN(CCOC)Cc1cccnc1C(N)=S. The minimum Gasteiger partial charge on any atom is -0.388 e. The summed E-state index contributed by atoms with van der Waals surface area (Å²) in [7, 11) is 1.71. The zero-order valence-electron chi connectivity index (χ0n) is 10.3. The highest BCUT2D eigenvalue weighted by Gasteiger charge is 2.09. The molecule has 4 nitrogen and oxygen atoms in total. The van der Waals surface area contributed by atoms with Gasteiger partial charge in [0.1, 0.15) is 10.7 Å². The Morgan fingerprint density at radius 1 is 1.59 bits per heavy atom. The second-order valence-electron chi connectivity index (χ2n) is 3.74. The summed E-state index contributed by atoms with van der Waals surface area (Å²) in [6.07, 6.45) is 1.71. The Balaban J connectivity index is 2.75. The predicted octanol–water partition coefficient (Wildman–Crippen LogP) is 1.18. The third-order valence-corrected chi connectivity index (χ3v) is 2.77. The van der Waals surface area contributed by atoms with Gasteiger partial charge in [0, 0.05) is 26.4 Å². The summed E-state index contributed by atoms with van der Waals surface area (Å²) in [5.41, 5.74) is 7.45. The van der Waals surface area contributed by atoms with Crippen LogP contribution in [0.5, 0.6) is 0 Å². The minimum absolute atomic E-state index is 0.350. The van der Waals surface area contributed by atoms with E-state index in [0.717, 1.165) is 37.5 Å². The molecule has 0 unspecified atom stereocenters. The maximum absolute atomic E-state index is 5.66. The third kappa shape index (κ3) is 4.38. The standard InChI is InChI=1S/C12H19N3OS/c1-3-15(7-8-16-2)9-10-5-4-6-14-11(10)12(13)17/h4-6H,3,7-9H2,1-2H3,(H2,13,17). The molecule has 1 aromatic heterocycles. The number of pyridine rings is 1. The minimum atomic E-state index is 0.350. The molecule has 1 rings (SSSR count). The van der Waals surface area contributed by atoms with Crippen molar-refractivity contribution in [2.24, 2.45) is 5.73 Å². The predicted molar refractivity (Wildman–Crippen MR) is 73.0 cm³/mol. The number of hydrogen-bond donors (Lipinski definition) is 1. The second-order valence-corrected chi connectivity index (χ2v) is 4.18. The largest absolute Gasteiger partial charge is 0.388 e. The number of hydrogen-bond acceptors (Lipinski definition) is 4. The van der Waals surface area contributed by atoms with Crippen LogP contribution in [0.25, 0.3) is 0 Å². The van der Waals surface area contributed by atoms with Gasteiger partial charge in [-0.3, -0.25) is 9.88 Å². The van der Waals surface area contributed by atoms with E-state index in [1.807, 2.05) is 12.1 Å². The molecular formula is C12H19N3OS. The van der Waals surface area contributed by atoms with Crippen LogP contribution >= 0.6 is 12.2 Å². The first-order valence-electron chi connectivity index (χ1n) is 5.64. The average molecular weight is 253 g/mol. The van der Waals surface area contributed by atoms with Gasteiger partial charge in [-0.15, -0.1) is 0 Å². The molecule has 0 aromatic carbocycles. The highest BCUT2D eigenvalue weighted by atomic mass is 32.1. The molecule has 5 heteroatoms. The summed E-state index contributed by atoms with van der Waals surface area (Å²) in [6, 6.07) is 3.91. The van der Waals surface area contributed by atoms with Crippen LogP contribution in [0.15, 0.2) is 18.3 Å². The van der Waals surface area contributed by atoms with Crippen LogP contribution < -0.4 is 5.73 Å². The van der Waals surface area contributed by atoms with Crippen molar-refractivity contribution in [2.45, 2.75) is 13.5 Å². The molecule has 0 saturated carbocycles. The summed E-state index contributed by atoms with van der Waals surface area (Å²) in [6.45, 7) is 5.47. The van der Waals surface area contributed by atoms with Crippen molar-refractivity contribution in [2.75, 3.05) is 26.8 Å². The van der Waals surface area contributed by atoms with E-state index < -0.39 is 0 Å². The Bertz CT molecular complexity index is 371. The Morgan fingerprint density at radius 2 is 2.35 bits per heavy atom. The lowest BCUT2D eigenvalue weighted by atomic mass is 10.2. The van der Waals surface area contributed by atoms with Gasteiger partial charge < -0.3 is 10.5 Å². The van der Waals surface area contributed by atoms with Gasteiger partial charge in [0.05, 0.1) is 6.61 Å². The normalized spacial score (nSPS) is 10.8. The highest BCUT2D eigenvalue weighted by molar-refractivity contribution is 7.80. The lowest BCUT2D eigenvalue weighted by molar-refractivity contribution is 0.147. The van der Waals surface area contributed by atoms with Crippen molar-refractivity contribution in [1.29, 1.82) is 0 Å². The molecule has 2 N–H and O–H groups in total. The van der Waals surface area contributed by atoms with Gasteiger partial charge >= 0.3 is 0 Å². The molecule has 1 heterocycles. The fourth-order valence-corrected chi connectivity index (χ4v) is 1.78. The van der Waals surface area contributed by atoms with E-state index in [2.05, 4.69) is 16.8 Å². The molecule has 1 aromatic rings. The quantitative estimate of drug-likeness (QED) is 0.740.